The molecule has 1 aliphatic heterocycles. The fourth-order valence-corrected chi connectivity index (χ4v) is 3.89. The van der Waals surface area contributed by atoms with Gasteiger partial charge >= 0.3 is 6.61 Å². The van der Waals surface area contributed by atoms with Gasteiger partial charge in [-0.1, -0.05) is 18.6 Å². The van der Waals surface area contributed by atoms with Crippen molar-refractivity contribution < 1.29 is 13.5 Å². The van der Waals surface area contributed by atoms with E-state index in [0.29, 0.717) is 6.54 Å². The molecule has 5 heteroatoms. The van der Waals surface area contributed by atoms with Gasteiger partial charge in [-0.3, -0.25) is 4.90 Å². The van der Waals surface area contributed by atoms with E-state index in [0.717, 1.165) is 30.5 Å². The van der Waals surface area contributed by atoms with E-state index >= 15 is 0 Å². The molecule has 1 aliphatic carbocycles. The second kappa shape index (κ2) is 6.28. The van der Waals surface area contributed by atoms with Gasteiger partial charge in [-0.15, -0.1) is 0 Å². The molecule has 1 saturated carbocycles. The van der Waals surface area contributed by atoms with Crippen LogP contribution >= 0.6 is 0 Å². The number of rotatable bonds is 5. The van der Waals surface area contributed by atoms with Crippen LogP contribution in [0.15, 0.2) is 24.3 Å². The first kappa shape index (κ1) is 14.7. The lowest BCUT2D eigenvalue weighted by molar-refractivity contribution is -0.0498. The van der Waals surface area contributed by atoms with Gasteiger partial charge in [0.25, 0.3) is 0 Å². The topological polar surface area (TPSA) is 38.5 Å². The van der Waals surface area contributed by atoms with Crippen LogP contribution in [0.1, 0.15) is 30.9 Å². The van der Waals surface area contributed by atoms with Crippen molar-refractivity contribution in [3.8, 4) is 5.75 Å². The summed E-state index contributed by atoms with van der Waals surface area (Å²) in [6.07, 6.45) is 4.02. The van der Waals surface area contributed by atoms with Gasteiger partial charge in [0, 0.05) is 25.7 Å². The molecule has 3 unspecified atom stereocenters. The number of benzene rings is 1. The van der Waals surface area contributed by atoms with Crippen LogP contribution in [-0.4, -0.2) is 31.1 Å². The van der Waals surface area contributed by atoms with E-state index in [1.165, 1.54) is 19.3 Å². The highest BCUT2D eigenvalue weighted by atomic mass is 19.3. The highest BCUT2D eigenvalue weighted by Crippen LogP contribution is 2.40. The van der Waals surface area contributed by atoms with Crippen molar-refractivity contribution in [1.29, 1.82) is 0 Å². The summed E-state index contributed by atoms with van der Waals surface area (Å²) in [5, 5.41) is 0. The van der Waals surface area contributed by atoms with Crippen LogP contribution in [0.2, 0.25) is 0 Å². The molecule has 2 fully saturated rings. The standard InChI is InChI=1S/C16H22F2N2O/c17-16(18)21-14-6-4-11(5-7-14)15(8-19)20-9-12-2-1-3-13(12)10-20/h4-7,12-13,15-16H,1-3,8-10,19H2. The lowest BCUT2D eigenvalue weighted by Crippen LogP contribution is -2.32. The van der Waals surface area contributed by atoms with Crippen molar-refractivity contribution in [2.45, 2.75) is 31.9 Å². The monoisotopic (exact) mass is 296 g/mol. The first-order valence-electron chi connectivity index (χ1n) is 7.66. The summed E-state index contributed by atoms with van der Waals surface area (Å²) in [4.78, 5) is 2.46. The molecule has 1 heterocycles. The zero-order chi connectivity index (χ0) is 14.8. The fourth-order valence-electron chi connectivity index (χ4n) is 3.89. The van der Waals surface area contributed by atoms with Crippen LogP contribution in [0.5, 0.6) is 5.75 Å². The Labute approximate surface area is 124 Å². The third-order valence-electron chi connectivity index (χ3n) is 4.91. The smallest absolute Gasteiger partial charge is 0.387 e. The van der Waals surface area contributed by atoms with Gasteiger partial charge < -0.3 is 10.5 Å². The molecule has 0 bridgehead atoms. The Balaban J connectivity index is 1.68. The molecule has 2 aliphatic rings. The van der Waals surface area contributed by atoms with Crippen LogP contribution in [0.25, 0.3) is 0 Å². The van der Waals surface area contributed by atoms with Crippen LogP contribution in [-0.2, 0) is 0 Å². The van der Waals surface area contributed by atoms with Crippen molar-refractivity contribution in [3.63, 3.8) is 0 Å². The number of likely N-dealkylation sites (tertiary alicyclic amines) is 1. The maximum absolute atomic E-state index is 12.2. The van der Waals surface area contributed by atoms with Crippen LogP contribution < -0.4 is 10.5 Å². The summed E-state index contributed by atoms with van der Waals surface area (Å²) >= 11 is 0. The minimum absolute atomic E-state index is 0.177. The average molecular weight is 296 g/mol. The predicted octanol–water partition coefficient (Wildman–Crippen LogP) is 3.02. The molecule has 0 spiro atoms. The molecule has 3 atom stereocenters. The van der Waals surface area contributed by atoms with Crippen molar-refractivity contribution in [1.82, 2.24) is 4.90 Å². The largest absolute Gasteiger partial charge is 0.435 e. The lowest BCUT2D eigenvalue weighted by Gasteiger charge is -2.28. The van der Waals surface area contributed by atoms with E-state index in [4.69, 9.17) is 5.73 Å². The zero-order valence-electron chi connectivity index (χ0n) is 12.1. The van der Waals surface area contributed by atoms with Crippen LogP contribution in [0, 0.1) is 11.8 Å². The van der Waals surface area contributed by atoms with E-state index in [9.17, 15) is 8.78 Å². The maximum atomic E-state index is 12.2. The molecular weight excluding hydrogens is 274 g/mol. The first-order chi connectivity index (χ1) is 10.2. The summed E-state index contributed by atoms with van der Waals surface area (Å²) in [7, 11) is 0. The predicted molar refractivity (Wildman–Crippen MR) is 77.3 cm³/mol. The van der Waals surface area contributed by atoms with Crippen molar-refractivity contribution in [2.75, 3.05) is 19.6 Å². The average Bonchev–Trinajstić information content (AvgIpc) is 3.02. The molecule has 0 radical (unpaired) electrons. The maximum Gasteiger partial charge on any atom is 0.387 e. The number of fused-ring (bicyclic) bond motifs is 1. The summed E-state index contributed by atoms with van der Waals surface area (Å²) in [5.74, 6) is 1.84. The molecular formula is C16H22F2N2O. The van der Waals surface area contributed by atoms with E-state index in [2.05, 4.69) is 9.64 Å². The third-order valence-corrected chi connectivity index (χ3v) is 4.91. The molecule has 1 saturated heterocycles. The van der Waals surface area contributed by atoms with E-state index in [-0.39, 0.29) is 11.8 Å². The second-order valence-electron chi connectivity index (χ2n) is 6.10. The minimum atomic E-state index is -2.78. The van der Waals surface area contributed by atoms with Gasteiger partial charge in [0.15, 0.2) is 0 Å². The summed E-state index contributed by atoms with van der Waals surface area (Å²) in [6, 6.07) is 7.07. The summed E-state index contributed by atoms with van der Waals surface area (Å²) in [6.45, 7) is -0.00268. The minimum Gasteiger partial charge on any atom is -0.435 e. The Bertz CT molecular complexity index is 454. The lowest BCUT2D eigenvalue weighted by atomic mass is 10.0. The van der Waals surface area contributed by atoms with Gasteiger partial charge in [0.2, 0.25) is 0 Å². The molecule has 3 nitrogen and oxygen atoms in total. The van der Waals surface area contributed by atoms with Crippen molar-refractivity contribution >= 4 is 0 Å². The SMILES string of the molecule is NCC(c1ccc(OC(F)F)cc1)N1CC2CCCC2C1. The first-order valence-corrected chi connectivity index (χ1v) is 7.66. The van der Waals surface area contributed by atoms with Crippen LogP contribution in [0.3, 0.4) is 0 Å². The number of halogens is 2. The number of alkyl halides is 2. The Hall–Kier alpha value is -1.20. The highest BCUT2D eigenvalue weighted by molar-refractivity contribution is 5.29. The number of nitrogens with two attached hydrogens (primary N) is 1. The van der Waals surface area contributed by atoms with Crippen molar-refractivity contribution in [3.05, 3.63) is 29.8 Å². The quantitative estimate of drug-likeness (QED) is 0.907. The third kappa shape index (κ3) is 3.19. The van der Waals surface area contributed by atoms with Gasteiger partial charge in [-0.05, 0) is 42.4 Å². The van der Waals surface area contributed by atoms with E-state index < -0.39 is 6.61 Å². The Morgan fingerprint density at radius 1 is 1.14 bits per heavy atom. The van der Waals surface area contributed by atoms with Crippen LogP contribution in [0.4, 0.5) is 8.78 Å². The molecule has 3 rings (SSSR count). The molecule has 116 valence electrons. The van der Waals surface area contributed by atoms with E-state index in [1.54, 1.807) is 12.1 Å². The van der Waals surface area contributed by atoms with Crippen molar-refractivity contribution in [2.24, 2.45) is 17.6 Å². The Morgan fingerprint density at radius 3 is 2.29 bits per heavy atom. The summed E-state index contributed by atoms with van der Waals surface area (Å²) < 4.78 is 28.7. The number of ether oxygens (including phenoxy) is 1. The number of hydrogen-bond donors (Lipinski definition) is 1. The molecule has 1 aromatic rings. The molecule has 0 aromatic heterocycles. The Kier molecular flexibility index (Phi) is 4.40. The van der Waals surface area contributed by atoms with Gasteiger partial charge in [0.1, 0.15) is 5.75 Å². The second-order valence-corrected chi connectivity index (χ2v) is 6.10. The molecule has 2 N–H and O–H groups in total. The fraction of sp³-hybridized carbons (Fsp3) is 0.625. The zero-order valence-corrected chi connectivity index (χ0v) is 12.1. The number of nitrogens with zero attached hydrogens (tertiary/aromatic N) is 1. The highest BCUT2D eigenvalue weighted by Gasteiger charge is 2.38. The summed E-state index contributed by atoms with van der Waals surface area (Å²) in [5.41, 5.74) is 7.04. The van der Waals surface area contributed by atoms with E-state index in [1.807, 2.05) is 12.1 Å². The van der Waals surface area contributed by atoms with Gasteiger partial charge in [-0.2, -0.15) is 8.78 Å². The van der Waals surface area contributed by atoms with Gasteiger partial charge in [-0.25, -0.2) is 0 Å². The molecule has 21 heavy (non-hydrogen) atoms. The van der Waals surface area contributed by atoms with Gasteiger partial charge in [0.05, 0.1) is 0 Å². The molecule has 0 amide bonds. The normalized spacial score (nSPS) is 27.0. The molecule has 1 aromatic carbocycles. The Morgan fingerprint density at radius 2 is 1.76 bits per heavy atom. The number of hydrogen-bond acceptors (Lipinski definition) is 3.